The summed E-state index contributed by atoms with van der Waals surface area (Å²) in [6, 6.07) is 6.67. The maximum absolute atomic E-state index is 11.3. The summed E-state index contributed by atoms with van der Waals surface area (Å²) < 4.78 is 0. The number of benzene rings is 1. The van der Waals surface area contributed by atoms with Gasteiger partial charge in [-0.1, -0.05) is 43.5 Å². The number of nitrogens with two attached hydrogens (primary N) is 1. The van der Waals surface area contributed by atoms with E-state index in [0.717, 1.165) is 12.8 Å². The molecule has 3 nitrogen and oxygen atoms in total. The fourth-order valence-corrected chi connectivity index (χ4v) is 1.70. The molecule has 0 bridgehead atoms. The summed E-state index contributed by atoms with van der Waals surface area (Å²) >= 11 is 5.76. The fraction of sp³-hybridized carbons (Fsp3) is 0.417. The summed E-state index contributed by atoms with van der Waals surface area (Å²) in [6.07, 6.45) is 2.13. The molecule has 0 amide bonds. The number of aliphatic carboxylic acids is 1. The maximum Gasteiger partial charge on any atom is 0.328 e. The van der Waals surface area contributed by atoms with Crippen LogP contribution in [0.5, 0.6) is 0 Å². The third-order valence-corrected chi connectivity index (χ3v) is 2.92. The summed E-state index contributed by atoms with van der Waals surface area (Å²) in [6.45, 7) is 2.00. The van der Waals surface area contributed by atoms with E-state index in [1.807, 2.05) is 6.92 Å². The monoisotopic (exact) mass is 241 g/mol. The number of hydrogen-bond donors (Lipinski definition) is 2. The Morgan fingerprint density at radius 1 is 1.44 bits per heavy atom. The van der Waals surface area contributed by atoms with Crippen LogP contribution < -0.4 is 5.73 Å². The molecule has 1 aromatic rings. The van der Waals surface area contributed by atoms with Crippen molar-refractivity contribution in [1.82, 2.24) is 0 Å². The van der Waals surface area contributed by atoms with Crippen LogP contribution in [0.3, 0.4) is 0 Å². The van der Waals surface area contributed by atoms with Gasteiger partial charge in [0.05, 0.1) is 0 Å². The molecule has 0 fully saturated rings. The van der Waals surface area contributed by atoms with Crippen LogP contribution in [0.1, 0.15) is 31.7 Å². The van der Waals surface area contributed by atoms with Gasteiger partial charge in [0.15, 0.2) is 0 Å². The molecular formula is C12H16ClNO2. The Morgan fingerprint density at radius 2 is 2.00 bits per heavy atom. The lowest BCUT2D eigenvalue weighted by molar-refractivity contribution is -0.144. The molecule has 0 saturated heterocycles. The minimum Gasteiger partial charge on any atom is -0.480 e. The van der Waals surface area contributed by atoms with Gasteiger partial charge < -0.3 is 10.8 Å². The van der Waals surface area contributed by atoms with Crippen LogP contribution in [0.25, 0.3) is 0 Å². The molecule has 1 atom stereocenters. The third kappa shape index (κ3) is 2.74. The smallest absolute Gasteiger partial charge is 0.328 e. The van der Waals surface area contributed by atoms with Gasteiger partial charge in [0.25, 0.3) is 0 Å². The highest BCUT2D eigenvalue weighted by Crippen LogP contribution is 2.26. The van der Waals surface area contributed by atoms with Gasteiger partial charge in [0.1, 0.15) is 5.54 Å². The topological polar surface area (TPSA) is 63.3 Å². The average molecular weight is 242 g/mol. The van der Waals surface area contributed by atoms with Crippen LogP contribution in [-0.4, -0.2) is 11.1 Å². The van der Waals surface area contributed by atoms with Crippen molar-refractivity contribution >= 4 is 17.6 Å². The minimum absolute atomic E-state index is 0.431. The number of rotatable bonds is 5. The lowest BCUT2D eigenvalue weighted by Crippen LogP contribution is -2.44. The molecule has 3 N–H and O–H groups in total. The zero-order chi connectivity index (χ0) is 12.2. The first kappa shape index (κ1) is 13.0. The number of halogens is 1. The minimum atomic E-state index is -1.30. The van der Waals surface area contributed by atoms with Gasteiger partial charge in [-0.05, 0) is 24.1 Å². The van der Waals surface area contributed by atoms with Crippen LogP contribution in [-0.2, 0) is 10.3 Å². The van der Waals surface area contributed by atoms with Crippen molar-refractivity contribution in [3.05, 3.63) is 34.9 Å². The van der Waals surface area contributed by atoms with Crippen molar-refractivity contribution < 1.29 is 9.90 Å². The third-order valence-electron chi connectivity index (χ3n) is 2.67. The Bertz CT molecular complexity index is 364. The first-order valence-corrected chi connectivity index (χ1v) is 5.67. The van der Waals surface area contributed by atoms with E-state index in [0.29, 0.717) is 17.0 Å². The summed E-state index contributed by atoms with van der Waals surface area (Å²) in [5, 5.41) is 9.80. The Kier molecular flexibility index (Phi) is 4.33. The zero-order valence-corrected chi connectivity index (χ0v) is 10.00. The molecule has 4 heteroatoms. The molecule has 0 aliphatic heterocycles. The van der Waals surface area contributed by atoms with E-state index in [1.165, 1.54) is 0 Å². The first-order chi connectivity index (χ1) is 7.50. The molecule has 0 aromatic heterocycles. The van der Waals surface area contributed by atoms with E-state index in [4.69, 9.17) is 17.3 Å². The Morgan fingerprint density at radius 3 is 2.44 bits per heavy atom. The molecule has 0 saturated carbocycles. The lowest BCUT2D eigenvalue weighted by atomic mass is 9.86. The molecular weight excluding hydrogens is 226 g/mol. The van der Waals surface area contributed by atoms with E-state index in [2.05, 4.69) is 0 Å². The second kappa shape index (κ2) is 5.32. The van der Waals surface area contributed by atoms with Gasteiger partial charge in [-0.15, -0.1) is 0 Å². The van der Waals surface area contributed by atoms with E-state index >= 15 is 0 Å². The summed E-state index contributed by atoms with van der Waals surface area (Å²) in [7, 11) is 0. The molecule has 0 spiro atoms. The van der Waals surface area contributed by atoms with Crippen molar-refractivity contribution in [2.24, 2.45) is 5.73 Å². The zero-order valence-electron chi connectivity index (χ0n) is 9.24. The molecule has 88 valence electrons. The Hall–Kier alpha value is -1.06. The molecule has 1 aromatic carbocycles. The molecule has 0 heterocycles. The van der Waals surface area contributed by atoms with Crippen LogP contribution in [0.15, 0.2) is 24.3 Å². The molecule has 0 radical (unpaired) electrons. The number of hydrogen-bond acceptors (Lipinski definition) is 2. The average Bonchev–Trinajstić information content (AvgIpc) is 2.26. The molecule has 0 unspecified atom stereocenters. The summed E-state index contributed by atoms with van der Waals surface area (Å²) in [4.78, 5) is 11.3. The van der Waals surface area contributed by atoms with Crippen LogP contribution >= 0.6 is 11.6 Å². The Balaban J connectivity index is 3.01. The highest BCUT2D eigenvalue weighted by atomic mass is 35.5. The van der Waals surface area contributed by atoms with E-state index < -0.39 is 11.5 Å². The van der Waals surface area contributed by atoms with Gasteiger partial charge in [-0.3, -0.25) is 0 Å². The van der Waals surface area contributed by atoms with Crippen molar-refractivity contribution in [3.63, 3.8) is 0 Å². The van der Waals surface area contributed by atoms with E-state index in [9.17, 15) is 9.90 Å². The van der Waals surface area contributed by atoms with Crippen LogP contribution in [0.2, 0.25) is 5.02 Å². The number of carboxylic acids is 1. The summed E-state index contributed by atoms with van der Waals surface area (Å²) in [5.74, 6) is -0.997. The molecule has 16 heavy (non-hydrogen) atoms. The number of carboxylic acid groups (broad SMARTS) is 1. The standard InChI is InChI=1S/C12H16ClNO2/c1-2-3-8-12(14,11(15)16)9-4-6-10(13)7-5-9/h4-7H,2-3,8,14H2,1H3,(H,15,16)/t12-/m0/s1. The highest BCUT2D eigenvalue weighted by molar-refractivity contribution is 6.30. The number of unbranched alkanes of at least 4 members (excludes halogenated alkanes) is 1. The maximum atomic E-state index is 11.3. The second-order valence-electron chi connectivity index (χ2n) is 3.89. The largest absolute Gasteiger partial charge is 0.480 e. The van der Waals surface area contributed by atoms with Crippen LogP contribution in [0.4, 0.5) is 0 Å². The molecule has 0 aliphatic carbocycles. The van der Waals surface area contributed by atoms with Gasteiger partial charge in [-0.2, -0.15) is 0 Å². The van der Waals surface area contributed by atoms with Crippen LogP contribution in [0, 0.1) is 0 Å². The summed E-state index contributed by atoms with van der Waals surface area (Å²) in [5.41, 5.74) is 5.25. The molecule has 1 rings (SSSR count). The normalized spacial score (nSPS) is 14.4. The SMILES string of the molecule is CCCC[C@@](N)(C(=O)O)c1ccc(Cl)cc1. The second-order valence-corrected chi connectivity index (χ2v) is 4.32. The Labute approximate surface area is 100 Å². The predicted molar refractivity (Wildman–Crippen MR) is 64.5 cm³/mol. The molecule has 0 aliphatic rings. The van der Waals surface area contributed by atoms with Gasteiger partial charge in [0.2, 0.25) is 0 Å². The fourth-order valence-electron chi connectivity index (χ4n) is 1.58. The predicted octanol–water partition coefficient (Wildman–Crippen LogP) is 2.77. The van der Waals surface area contributed by atoms with Crippen molar-refractivity contribution in [2.75, 3.05) is 0 Å². The van der Waals surface area contributed by atoms with Gasteiger partial charge in [0, 0.05) is 5.02 Å². The van der Waals surface area contributed by atoms with Gasteiger partial charge >= 0.3 is 5.97 Å². The van der Waals surface area contributed by atoms with E-state index in [1.54, 1.807) is 24.3 Å². The highest BCUT2D eigenvalue weighted by Gasteiger charge is 2.35. The van der Waals surface area contributed by atoms with Gasteiger partial charge in [-0.25, -0.2) is 4.79 Å². The quantitative estimate of drug-likeness (QED) is 0.833. The first-order valence-electron chi connectivity index (χ1n) is 5.29. The van der Waals surface area contributed by atoms with Crippen molar-refractivity contribution in [3.8, 4) is 0 Å². The lowest BCUT2D eigenvalue weighted by Gasteiger charge is -2.25. The van der Waals surface area contributed by atoms with Crippen molar-refractivity contribution in [1.29, 1.82) is 0 Å². The van der Waals surface area contributed by atoms with E-state index in [-0.39, 0.29) is 0 Å². The number of carbonyl (C=O) groups is 1. The van der Waals surface area contributed by atoms with Crippen molar-refractivity contribution in [2.45, 2.75) is 31.7 Å².